The second kappa shape index (κ2) is 13.5. The van der Waals surface area contributed by atoms with Crippen LogP contribution in [0.5, 0.6) is 0 Å². The molecule has 0 bridgehead atoms. The number of ether oxygens (including phenoxy) is 1. The summed E-state index contributed by atoms with van der Waals surface area (Å²) >= 11 is 0. The molecule has 1 aliphatic rings. The topological polar surface area (TPSA) is 66.8 Å². The van der Waals surface area contributed by atoms with Crippen LogP contribution in [0.4, 0.5) is 0 Å². The fourth-order valence-electron chi connectivity index (χ4n) is 3.55. The zero-order valence-corrected chi connectivity index (χ0v) is 17.8. The van der Waals surface area contributed by atoms with Gasteiger partial charge in [0.1, 0.15) is 0 Å². The van der Waals surface area contributed by atoms with Crippen LogP contribution < -0.4 is 0 Å². The van der Waals surface area contributed by atoms with Gasteiger partial charge in [0.05, 0.1) is 7.11 Å². The van der Waals surface area contributed by atoms with Crippen LogP contribution in [0.15, 0.2) is 42.2 Å². The van der Waals surface area contributed by atoms with Gasteiger partial charge < -0.3 is 14.9 Å². The zero-order valence-electron chi connectivity index (χ0n) is 17.8. The normalized spacial score (nSPS) is 21.7. The van der Waals surface area contributed by atoms with Crippen molar-refractivity contribution in [2.75, 3.05) is 7.11 Å². The third kappa shape index (κ3) is 9.05. The molecule has 158 valence electrons. The Bertz CT molecular complexity index is 567. The number of hydrogen-bond donors (Lipinski definition) is 2. The first-order valence-corrected chi connectivity index (χ1v) is 10.7. The number of rotatable bonds is 13. The average Bonchev–Trinajstić information content (AvgIpc) is 3.02. The van der Waals surface area contributed by atoms with Crippen LogP contribution in [0.1, 0.15) is 71.6 Å². The van der Waals surface area contributed by atoms with E-state index in [-0.39, 0.29) is 6.42 Å². The van der Waals surface area contributed by atoms with E-state index < -0.39 is 11.8 Å². The van der Waals surface area contributed by atoms with Gasteiger partial charge in [-0.2, -0.15) is 0 Å². The van der Waals surface area contributed by atoms with Crippen molar-refractivity contribution >= 4 is 5.97 Å². The van der Waals surface area contributed by atoms with Crippen molar-refractivity contribution in [1.82, 2.24) is 0 Å². The van der Waals surface area contributed by atoms with Crippen molar-refractivity contribution < 1.29 is 19.7 Å². The highest BCUT2D eigenvalue weighted by molar-refractivity contribution is 5.77. The summed E-state index contributed by atoms with van der Waals surface area (Å²) in [6.07, 6.45) is 22.3. The maximum absolute atomic E-state index is 11.2. The standard InChI is InChI=1S/C24H38O4/c1-4-5-6-7-8-9-10-12-15-21-18-17-20(2)22(21)16-13-11-14-19-24(26,27)23(25)28-3/h12-15,17-18,20-22,26-27H,4-10,16,19H2,1-3H3/t11?,20-,21-,22+/m0/s1. The molecule has 0 saturated heterocycles. The molecule has 0 amide bonds. The second-order valence-electron chi connectivity index (χ2n) is 7.79. The minimum atomic E-state index is -2.49. The molecular weight excluding hydrogens is 352 g/mol. The Labute approximate surface area is 170 Å². The molecule has 2 N–H and O–H groups in total. The molecule has 4 nitrogen and oxygen atoms in total. The van der Waals surface area contributed by atoms with E-state index >= 15 is 0 Å². The minimum absolute atomic E-state index is 0.240. The Hall–Kier alpha value is -1.61. The van der Waals surface area contributed by atoms with Gasteiger partial charge in [0, 0.05) is 6.42 Å². The van der Waals surface area contributed by atoms with Gasteiger partial charge in [-0.3, -0.25) is 0 Å². The summed E-state index contributed by atoms with van der Waals surface area (Å²) in [7, 11) is 1.12. The molecule has 0 aromatic rings. The molecule has 0 saturated carbocycles. The lowest BCUT2D eigenvalue weighted by Gasteiger charge is -2.18. The number of hydrogen-bond acceptors (Lipinski definition) is 4. The molecule has 0 fully saturated rings. The lowest BCUT2D eigenvalue weighted by Crippen LogP contribution is -2.38. The average molecular weight is 391 g/mol. The number of esters is 1. The molecule has 1 aliphatic carbocycles. The number of allylic oxidation sites excluding steroid dienone is 4. The largest absolute Gasteiger partial charge is 0.465 e. The highest BCUT2D eigenvalue weighted by Crippen LogP contribution is 2.34. The predicted molar refractivity (Wildman–Crippen MR) is 113 cm³/mol. The smallest absolute Gasteiger partial charge is 0.366 e. The van der Waals surface area contributed by atoms with E-state index in [1.54, 1.807) is 0 Å². The number of carbonyl (C=O) groups is 1. The molecule has 0 aromatic carbocycles. The summed E-state index contributed by atoms with van der Waals surface area (Å²) in [6, 6.07) is 0. The molecule has 0 aromatic heterocycles. The quantitative estimate of drug-likeness (QED) is 0.151. The van der Waals surface area contributed by atoms with Crippen LogP contribution in [-0.2, 0) is 9.53 Å². The number of unbranched alkanes of at least 4 members (excludes halogenated alkanes) is 6. The molecule has 3 atom stereocenters. The summed E-state index contributed by atoms with van der Waals surface area (Å²) < 4.78 is 4.35. The third-order valence-corrected chi connectivity index (χ3v) is 5.41. The molecule has 0 spiro atoms. The Morgan fingerprint density at radius 2 is 1.86 bits per heavy atom. The summed E-state index contributed by atoms with van der Waals surface area (Å²) in [5.41, 5.74) is 2.96. The van der Waals surface area contributed by atoms with Crippen molar-refractivity contribution in [3.05, 3.63) is 42.2 Å². The molecule has 0 aliphatic heterocycles. The molecular formula is C24H38O4. The van der Waals surface area contributed by atoms with Gasteiger partial charge >= 0.3 is 5.97 Å². The zero-order chi connectivity index (χ0) is 20.8. The van der Waals surface area contributed by atoms with Crippen molar-refractivity contribution in [1.29, 1.82) is 0 Å². The van der Waals surface area contributed by atoms with Gasteiger partial charge in [-0.15, -0.1) is 5.73 Å². The monoisotopic (exact) mass is 390 g/mol. The van der Waals surface area contributed by atoms with E-state index in [1.807, 2.05) is 6.08 Å². The molecule has 0 radical (unpaired) electrons. The first-order valence-electron chi connectivity index (χ1n) is 10.7. The van der Waals surface area contributed by atoms with E-state index in [0.717, 1.165) is 20.0 Å². The van der Waals surface area contributed by atoms with Crippen LogP contribution >= 0.6 is 0 Å². The lowest BCUT2D eigenvalue weighted by atomic mass is 9.86. The highest BCUT2D eigenvalue weighted by Gasteiger charge is 2.33. The Kier molecular flexibility index (Phi) is 11.8. The van der Waals surface area contributed by atoms with Gasteiger partial charge in [-0.05, 0) is 49.2 Å². The lowest BCUT2D eigenvalue weighted by molar-refractivity contribution is -0.205. The summed E-state index contributed by atoms with van der Waals surface area (Å²) in [4.78, 5) is 11.2. The van der Waals surface area contributed by atoms with Crippen LogP contribution in [0.2, 0.25) is 0 Å². The van der Waals surface area contributed by atoms with Gasteiger partial charge in [0.15, 0.2) is 0 Å². The van der Waals surface area contributed by atoms with Crippen molar-refractivity contribution in [2.24, 2.45) is 17.8 Å². The Morgan fingerprint density at radius 3 is 2.57 bits per heavy atom. The maximum atomic E-state index is 11.2. The number of aliphatic hydroxyl groups is 2. The van der Waals surface area contributed by atoms with Crippen molar-refractivity contribution in [3.8, 4) is 0 Å². The summed E-state index contributed by atoms with van der Waals surface area (Å²) in [5.74, 6) is -2.10. The van der Waals surface area contributed by atoms with E-state index in [0.29, 0.717) is 17.8 Å². The molecule has 0 heterocycles. The highest BCUT2D eigenvalue weighted by atomic mass is 16.6. The minimum Gasteiger partial charge on any atom is -0.465 e. The number of methoxy groups -OCH3 is 1. The third-order valence-electron chi connectivity index (χ3n) is 5.41. The van der Waals surface area contributed by atoms with Crippen LogP contribution in [0.25, 0.3) is 0 Å². The van der Waals surface area contributed by atoms with Crippen molar-refractivity contribution in [2.45, 2.75) is 77.4 Å². The predicted octanol–water partition coefficient (Wildman–Crippen LogP) is 5.08. The molecule has 1 rings (SSSR count). The van der Waals surface area contributed by atoms with Crippen LogP contribution in [0.3, 0.4) is 0 Å². The van der Waals surface area contributed by atoms with E-state index in [2.05, 4.69) is 48.6 Å². The molecule has 28 heavy (non-hydrogen) atoms. The molecule has 4 heteroatoms. The Morgan fingerprint density at radius 1 is 1.14 bits per heavy atom. The maximum Gasteiger partial charge on any atom is 0.366 e. The van der Waals surface area contributed by atoms with E-state index in [4.69, 9.17) is 0 Å². The fraction of sp³-hybridized carbons (Fsp3) is 0.667. The van der Waals surface area contributed by atoms with E-state index in [1.165, 1.54) is 44.6 Å². The van der Waals surface area contributed by atoms with Gasteiger partial charge in [-0.25, -0.2) is 4.79 Å². The summed E-state index contributed by atoms with van der Waals surface area (Å²) in [5, 5.41) is 19.1. The first kappa shape index (κ1) is 24.4. The fourth-order valence-corrected chi connectivity index (χ4v) is 3.55. The first-order chi connectivity index (χ1) is 13.4. The Balaban J connectivity index is 2.39. The van der Waals surface area contributed by atoms with Gasteiger partial charge in [-0.1, -0.05) is 70.3 Å². The van der Waals surface area contributed by atoms with E-state index in [9.17, 15) is 15.0 Å². The molecule has 0 unspecified atom stereocenters. The van der Waals surface area contributed by atoms with Crippen molar-refractivity contribution in [3.63, 3.8) is 0 Å². The SMILES string of the molecule is CCCCCCCCC=C[C@H]1C=C[C@H](C)[C@H]1CC=C=CCC(O)(O)C(=O)OC. The van der Waals surface area contributed by atoms with Crippen LogP contribution in [-0.4, -0.2) is 29.1 Å². The number of carbonyl (C=O) groups excluding carboxylic acids is 1. The second-order valence-corrected chi connectivity index (χ2v) is 7.79. The van der Waals surface area contributed by atoms with Gasteiger partial charge in [0.2, 0.25) is 0 Å². The summed E-state index contributed by atoms with van der Waals surface area (Å²) in [6.45, 7) is 4.47. The van der Waals surface area contributed by atoms with Gasteiger partial charge in [0.25, 0.3) is 5.79 Å². The van der Waals surface area contributed by atoms with Crippen LogP contribution in [0, 0.1) is 17.8 Å².